The maximum atomic E-state index is 5.43. The van der Waals surface area contributed by atoms with Crippen LogP contribution in [0.1, 0.15) is 24.0 Å². The molecular formula is C15H24N2O. The molecule has 0 amide bonds. The molecule has 0 saturated carbocycles. The van der Waals surface area contributed by atoms with Crippen molar-refractivity contribution in [3.63, 3.8) is 0 Å². The summed E-state index contributed by atoms with van der Waals surface area (Å²) in [5.74, 6) is 1.78. The molecule has 0 bridgehead atoms. The van der Waals surface area contributed by atoms with Crippen LogP contribution in [0.4, 0.5) is 5.69 Å². The number of rotatable bonds is 5. The Labute approximate surface area is 110 Å². The molecule has 1 aromatic carbocycles. The van der Waals surface area contributed by atoms with Gasteiger partial charge in [0.2, 0.25) is 0 Å². The Balaban J connectivity index is 1.93. The Hall–Kier alpha value is -1.22. The molecule has 0 spiro atoms. The monoisotopic (exact) mass is 248 g/mol. The van der Waals surface area contributed by atoms with Gasteiger partial charge in [-0.3, -0.25) is 0 Å². The van der Waals surface area contributed by atoms with Crippen LogP contribution in [0.25, 0.3) is 0 Å². The minimum atomic E-state index is 0.829. The lowest BCUT2D eigenvalue weighted by Crippen LogP contribution is -2.13. The fourth-order valence-electron chi connectivity index (χ4n) is 2.47. The molecule has 100 valence electrons. The second-order valence-corrected chi connectivity index (χ2v) is 5.21. The fraction of sp³-hybridized carbons (Fsp3) is 0.600. The van der Waals surface area contributed by atoms with Crippen molar-refractivity contribution >= 4 is 5.69 Å². The van der Waals surface area contributed by atoms with Crippen LogP contribution >= 0.6 is 0 Å². The maximum absolute atomic E-state index is 5.43. The van der Waals surface area contributed by atoms with Crippen molar-refractivity contribution in [2.24, 2.45) is 5.92 Å². The highest BCUT2D eigenvalue weighted by atomic mass is 16.5. The molecule has 0 aromatic heterocycles. The first-order valence-electron chi connectivity index (χ1n) is 6.80. The molecule has 2 rings (SSSR count). The lowest BCUT2D eigenvalue weighted by molar-refractivity contribution is 0.415. The van der Waals surface area contributed by atoms with Crippen molar-refractivity contribution in [3.8, 4) is 5.75 Å². The van der Waals surface area contributed by atoms with E-state index >= 15 is 0 Å². The van der Waals surface area contributed by atoms with Gasteiger partial charge in [-0.2, -0.15) is 0 Å². The SMILES string of the molecule is COc1cc(C)c(C)cc1NCCC1CCNC1. The lowest BCUT2D eigenvalue weighted by Gasteiger charge is -2.15. The van der Waals surface area contributed by atoms with Gasteiger partial charge in [0.05, 0.1) is 12.8 Å². The van der Waals surface area contributed by atoms with Gasteiger partial charge in [-0.25, -0.2) is 0 Å². The summed E-state index contributed by atoms with van der Waals surface area (Å²) >= 11 is 0. The van der Waals surface area contributed by atoms with E-state index in [1.807, 2.05) is 0 Å². The highest BCUT2D eigenvalue weighted by Crippen LogP contribution is 2.28. The predicted molar refractivity (Wildman–Crippen MR) is 76.6 cm³/mol. The van der Waals surface area contributed by atoms with Crippen LogP contribution in [-0.2, 0) is 0 Å². The van der Waals surface area contributed by atoms with Crippen molar-refractivity contribution < 1.29 is 4.74 Å². The van der Waals surface area contributed by atoms with E-state index in [1.54, 1.807) is 7.11 Å². The van der Waals surface area contributed by atoms with Crippen molar-refractivity contribution in [2.45, 2.75) is 26.7 Å². The van der Waals surface area contributed by atoms with Crippen LogP contribution in [0, 0.1) is 19.8 Å². The standard InChI is InChI=1S/C15H24N2O/c1-11-8-14(15(18-3)9-12(11)2)17-7-5-13-4-6-16-10-13/h8-9,13,16-17H,4-7,10H2,1-3H3. The van der Waals surface area contributed by atoms with E-state index in [4.69, 9.17) is 4.74 Å². The van der Waals surface area contributed by atoms with Gasteiger partial charge in [-0.05, 0) is 69.0 Å². The number of aryl methyl sites for hydroxylation is 2. The summed E-state index contributed by atoms with van der Waals surface area (Å²) in [6, 6.07) is 4.29. The lowest BCUT2D eigenvalue weighted by atomic mass is 10.0. The summed E-state index contributed by atoms with van der Waals surface area (Å²) in [6.07, 6.45) is 2.54. The third-order valence-corrected chi connectivity index (χ3v) is 3.85. The molecule has 0 radical (unpaired) electrons. The summed E-state index contributed by atoms with van der Waals surface area (Å²) < 4.78 is 5.43. The van der Waals surface area contributed by atoms with Crippen LogP contribution in [0.3, 0.4) is 0 Å². The Bertz CT molecular complexity index is 398. The van der Waals surface area contributed by atoms with Gasteiger partial charge < -0.3 is 15.4 Å². The minimum absolute atomic E-state index is 0.829. The topological polar surface area (TPSA) is 33.3 Å². The molecule has 18 heavy (non-hydrogen) atoms. The van der Waals surface area contributed by atoms with Crippen LogP contribution in [0.5, 0.6) is 5.75 Å². The first kappa shape index (κ1) is 13.2. The fourth-order valence-corrected chi connectivity index (χ4v) is 2.47. The number of benzene rings is 1. The molecule has 1 heterocycles. The number of methoxy groups -OCH3 is 1. The zero-order valence-electron chi connectivity index (χ0n) is 11.7. The predicted octanol–water partition coefficient (Wildman–Crippen LogP) is 2.72. The van der Waals surface area contributed by atoms with Crippen molar-refractivity contribution in [1.82, 2.24) is 5.32 Å². The zero-order chi connectivity index (χ0) is 13.0. The van der Waals surface area contributed by atoms with E-state index in [0.717, 1.165) is 23.9 Å². The average molecular weight is 248 g/mol. The number of anilines is 1. The maximum Gasteiger partial charge on any atom is 0.142 e. The summed E-state index contributed by atoms with van der Waals surface area (Å²) in [4.78, 5) is 0. The van der Waals surface area contributed by atoms with Crippen molar-refractivity contribution in [1.29, 1.82) is 0 Å². The summed E-state index contributed by atoms with van der Waals surface area (Å²) in [7, 11) is 1.73. The average Bonchev–Trinajstić information content (AvgIpc) is 2.86. The Kier molecular flexibility index (Phi) is 4.48. The van der Waals surface area contributed by atoms with Crippen LogP contribution < -0.4 is 15.4 Å². The molecule has 0 aliphatic carbocycles. The van der Waals surface area contributed by atoms with Crippen LogP contribution in [-0.4, -0.2) is 26.7 Å². The summed E-state index contributed by atoms with van der Waals surface area (Å²) in [6.45, 7) is 7.63. The highest BCUT2D eigenvalue weighted by Gasteiger charge is 2.14. The number of hydrogen-bond donors (Lipinski definition) is 2. The van der Waals surface area contributed by atoms with Gasteiger partial charge in [0.25, 0.3) is 0 Å². The zero-order valence-corrected chi connectivity index (χ0v) is 11.7. The largest absolute Gasteiger partial charge is 0.495 e. The molecule has 1 aliphatic heterocycles. The van der Waals surface area contributed by atoms with E-state index in [1.165, 1.54) is 37.1 Å². The third kappa shape index (κ3) is 3.16. The minimum Gasteiger partial charge on any atom is -0.495 e. The van der Waals surface area contributed by atoms with E-state index in [9.17, 15) is 0 Å². The van der Waals surface area contributed by atoms with Gasteiger partial charge >= 0.3 is 0 Å². The molecule has 2 N–H and O–H groups in total. The smallest absolute Gasteiger partial charge is 0.142 e. The molecule has 1 fully saturated rings. The molecule has 1 aromatic rings. The molecular weight excluding hydrogens is 224 g/mol. The number of hydrogen-bond acceptors (Lipinski definition) is 3. The summed E-state index contributed by atoms with van der Waals surface area (Å²) in [5.41, 5.74) is 3.70. The Morgan fingerprint density at radius 3 is 2.78 bits per heavy atom. The molecule has 1 aliphatic rings. The molecule has 1 saturated heterocycles. The highest BCUT2D eigenvalue weighted by molar-refractivity contribution is 5.59. The van der Waals surface area contributed by atoms with Gasteiger partial charge in [-0.15, -0.1) is 0 Å². The van der Waals surface area contributed by atoms with Crippen molar-refractivity contribution in [3.05, 3.63) is 23.3 Å². The van der Waals surface area contributed by atoms with E-state index in [0.29, 0.717) is 0 Å². The van der Waals surface area contributed by atoms with E-state index < -0.39 is 0 Å². The molecule has 1 atom stereocenters. The molecule has 1 unspecified atom stereocenters. The normalized spacial score (nSPS) is 18.9. The van der Waals surface area contributed by atoms with Crippen LogP contribution in [0.2, 0.25) is 0 Å². The third-order valence-electron chi connectivity index (χ3n) is 3.85. The van der Waals surface area contributed by atoms with E-state index in [-0.39, 0.29) is 0 Å². The number of ether oxygens (including phenoxy) is 1. The summed E-state index contributed by atoms with van der Waals surface area (Å²) in [5, 5.41) is 6.91. The van der Waals surface area contributed by atoms with E-state index in [2.05, 4.69) is 36.6 Å². The van der Waals surface area contributed by atoms with Gasteiger partial charge in [0.1, 0.15) is 5.75 Å². The van der Waals surface area contributed by atoms with Gasteiger partial charge in [0.15, 0.2) is 0 Å². The van der Waals surface area contributed by atoms with Gasteiger partial charge in [-0.1, -0.05) is 0 Å². The first-order valence-corrected chi connectivity index (χ1v) is 6.80. The van der Waals surface area contributed by atoms with Crippen molar-refractivity contribution in [2.75, 3.05) is 32.1 Å². The quantitative estimate of drug-likeness (QED) is 0.840. The second kappa shape index (κ2) is 6.10. The Morgan fingerprint density at radius 2 is 2.11 bits per heavy atom. The molecule has 3 heteroatoms. The molecule has 3 nitrogen and oxygen atoms in total. The van der Waals surface area contributed by atoms with Crippen LogP contribution in [0.15, 0.2) is 12.1 Å². The van der Waals surface area contributed by atoms with Gasteiger partial charge in [0, 0.05) is 6.54 Å². The first-order chi connectivity index (χ1) is 8.70. The Morgan fingerprint density at radius 1 is 1.33 bits per heavy atom. The number of nitrogens with one attached hydrogen (secondary N) is 2. The second-order valence-electron chi connectivity index (χ2n) is 5.21.